The molecule has 0 unspecified atom stereocenters. The van der Waals surface area contributed by atoms with Crippen LogP contribution in [0.1, 0.15) is 23.6 Å². The number of hydrogen-bond donors (Lipinski definition) is 0. The predicted octanol–water partition coefficient (Wildman–Crippen LogP) is 7.08. The van der Waals surface area contributed by atoms with Gasteiger partial charge in [0.15, 0.2) is 17.2 Å². The van der Waals surface area contributed by atoms with Gasteiger partial charge in [-0.25, -0.2) is 9.79 Å². The van der Waals surface area contributed by atoms with Gasteiger partial charge in [0.05, 0.1) is 17.2 Å². The summed E-state index contributed by atoms with van der Waals surface area (Å²) in [6, 6.07) is 18.1. The van der Waals surface area contributed by atoms with Crippen LogP contribution in [0.3, 0.4) is 0 Å². The number of benzene rings is 3. The lowest BCUT2D eigenvalue weighted by atomic mass is 10.1. The molecule has 4 rings (SSSR count). The second-order valence-electron chi connectivity index (χ2n) is 6.98. The fraction of sp³-hybridized carbons (Fsp3) is 0.120. The van der Waals surface area contributed by atoms with Crippen LogP contribution in [0, 0.1) is 0 Å². The summed E-state index contributed by atoms with van der Waals surface area (Å²) in [6.45, 7) is 2.73. The number of halogens is 3. The molecule has 0 N–H and O–H groups in total. The molecule has 8 heteroatoms. The molecular weight excluding hydrogens is 529 g/mol. The Bertz CT molecular complexity index is 1270. The Kier molecular flexibility index (Phi) is 7.38. The van der Waals surface area contributed by atoms with Gasteiger partial charge in [0.2, 0.25) is 5.90 Å². The number of aliphatic imine (C=N–C) groups is 1. The Morgan fingerprint density at radius 2 is 1.85 bits per heavy atom. The van der Waals surface area contributed by atoms with Crippen molar-refractivity contribution in [3.05, 3.63) is 97.6 Å². The van der Waals surface area contributed by atoms with Crippen LogP contribution in [0.5, 0.6) is 11.5 Å². The Hall–Kier alpha value is -2.80. The van der Waals surface area contributed by atoms with Gasteiger partial charge in [-0.05, 0) is 55.0 Å². The first-order valence-corrected chi connectivity index (χ1v) is 11.6. The number of esters is 1. The van der Waals surface area contributed by atoms with Crippen molar-refractivity contribution >= 4 is 57.1 Å². The molecule has 1 heterocycles. The van der Waals surface area contributed by atoms with Gasteiger partial charge in [-0.15, -0.1) is 0 Å². The average molecular weight is 547 g/mol. The van der Waals surface area contributed by atoms with Crippen LogP contribution in [0.2, 0.25) is 10.0 Å². The van der Waals surface area contributed by atoms with Crippen LogP contribution >= 0.6 is 39.1 Å². The molecule has 5 nitrogen and oxygen atoms in total. The molecule has 1 aliphatic rings. The zero-order valence-electron chi connectivity index (χ0n) is 17.5. The molecule has 0 atom stereocenters. The molecule has 168 valence electrons. The molecule has 3 aromatic carbocycles. The molecule has 0 saturated carbocycles. The first kappa shape index (κ1) is 23.4. The SMILES string of the molecule is CCOc1cc(/C=C2\N=C(c3ccc(Cl)cc3Cl)OC2=O)ccc1OCc1ccccc1Br. The maximum atomic E-state index is 12.4. The van der Waals surface area contributed by atoms with E-state index in [1.54, 1.807) is 36.4 Å². The molecule has 0 aliphatic carbocycles. The summed E-state index contributed by atoms with van der Waals surface area (Å²) in [5.41, 5.74) is 2.37. The van der Waals surface area contributed by atoms with Gasteiger partial charge in [-0.1, -0.05) is 63.4 Å². The lowest BCUT2D eigenvalue weighted by Crippen LogP contribution is -2.06. The molecule has 0 spiro atoms. The van der Waals surface area contributed by atoms with Crippen LogP contribution in [0.15, 0.2) is 75.8 Å². The fourth-order valence-electron chi connectivity index (χ4n) is 3.12. The minimum absolute atomic E-state index is 0.131. The summed E-state index contributed by atoms with van der Waals surface area (Å²) >= 11 is 15.7. The number of ether oxygens (including phenoxy) is 3. The number of carbonyl (C=O) groups excluding carboxylic acids is 1. The van der Waals surface area contributed by atoms with Crippen LogP contribution in [0.25, 0.3) is 6.08 Å². The third-order valence-electron chi connectivity index (χ3n) is 4.69. The van der Waals surface area contributed by atoms with Gasteiger partial charge in [-0.2, -0.15) is 0 Å². The summed E-state index contributed by atoms with van der Waals surface area (Å²) in [5.74, 6) is 0.727. The maximum Gasteiger partial charge on any atom is 0.363 e. The van der Waals surface area contributed by atoms with E-state index in [2.05, 4.69) is 20.9 Å². The van der Waals surface area contributed by atoms with Gasteiger partial charge < -0.3 is 14.2 Å². The standard InChI is InChI=1S/C25H18BrCl2NO4/c1-2-31-23-12-15(7-10-22(23)32-14-16-5-3-4-6-19(16)26)11-21-25(30)33-24(29-21)18-9-8-17(27)13-20(18)28/h3-13H,2,14H2,1H3/b21-11-. The van der Waals surface area contributed by atoms with Crippen LogP contribution in [-0.2, 0) is 16.1 Å². The first-order valence-electron chi connectivity index (χ1n) is 10.1. The molecule has 33 heavy (non-hydrogen) atoms. The van der Waals surface area contributed by atoms with Crippen molar-refractivity contribution in [3.63, 3.8) is 0 Å². The Labute approximate surface area is 209 Å². The number of cyclic esters (lactones) is 1. The zero-order valence-corrected chi connectivity index (χ0v) is 20.6. The normalized spacial score (nSPS) is 14.2. The van der Waals surface area contributed by atoms with Crippen LogP contribution < -0.4 is 9.47 Å². The van der Waals surface area contributed by atoms with E-state index in [1.165, 1.54) is 0 Å². The predicted molar refractivity (Wildman–Crippen MR) is 133 cm³/mol. The maximum absolute atomic E-state index is 12.4. The van der Waals surface area contributed by atoms with Gasteiger partial charge in [0, 0.05) is 15.1 Å². The summed E-state index contributed by atoms with van der Waals surface area (Å²) < 4.78 is 18.0. The summed E-state index contributed by atoms with van der Waals surface area (Å²) in [5, 5.41) is 0.829. The monoisotopic (exact) mass is 545 g/mol. The van der Waals surface area contributed by atoms with Crippen molar-refractivity contribution in [1.29, 1.82) is 0 Å². The Morgan fingerprint density at radius 1 is 1.03 bits per heavy atom. The van der Waals surface area contributed by atoms with Gasteiger partial charge in [0.1, 0.15) is 6.61 Å². The van der Waals surface area contributed by atoms with E-state index >= 15 is 0 Å². The van der Waals surface area contributed by atoms with E-state index in [9.17, 15) is 4.79 Å². The molecular formula is C25H18BrCl2NO4. The number of carbonyl (C=O) groups is 1. The molecule has 0 radical (unpaired) electrons. The van der Waals surface area contributed by atoms with E-state index in [1.807, 2.05) is 37.3 Å². The van der Waals surface area contributed by atoms with Crippen molar-refractivity contribution < 1.29 is 19.0 Å². The van der Waals surface area contributed by atoms with Crippen molar-refractivity contribution in [2.24, 2.45) is 4.99 Å². The Morgan fingerprint density at radius 3 is 2.61 bits per heavy atom. The Balaban J connectivity index is 1.58. The van der Waals surface area contributed by atoms with E-state index in [-0.39, 0.29) is 11.6 Å². The van der Waals surface area contributed by atoms with Crippen molar-refractivity contribution in [3.8, 4) is 11.5 Å². The summed E-state index contributed by atoms with van der Waals surface area (Å²) in [4.78, 5) is 16.7. The lowest BCUT2D eigenvalue weighted by molar-refractivity contribution is -0.129. The second-order valence-corrected chi connectivity index (χ2v) is 8.68. The van der Waals surface area contributed by atoms with Crippen molar-refractivity contribution in [2.45, 2.75) is 13.5 Å². The van der Waals surface area contributed by atoms with Gasteiger partial charge >= 0.3 is 5.97 Å². The van der Waals surface area contributed by atoms with E-state index in [0.717, 1.165) is 10.0 Å². The number of nitrogens with zero attached hydrogens (tertiary/aromatic N) is 1. The molecule has 3 aromatic rings. The fourth-order valence-corrected chi connectivity index (χ4v) is 4.01. The molecule has 0 fully saturated rings. The average Bonchev–Trinajstić information content (AvgIpc) is 3.14. The quantitative estimate of drug-likeness (QED) is 0.235. The van der Waals surface area contributed by atoms with Crippen LogP contribution in [0.4, 0.5) is 0 Å². The van der Waals surface area contributed by atoms with Crippen LogP contribution in [-0.4, -0.2) is 18.5 Å². The lowest BCUT2D eigenvalue weighted by Gasteiger charge is -2.13. The van der Waals surface area contributed by atoms with E-state index in [4.69, 9.17) is 37.4 Å². The molecule has 0 aromatic heterocycles. The van der Waals surface area contributed by atoms with Crippen molar-refractivity contribution in [2.75, 3.05) is 6.61 Å². The largest absolute Gasteiger partial charge is 0.490 e. The molecule has 0 amide bonds. The van der Waals surface area contributed by atoms with E-state index < -0.39 is 5.97 Å². The minimum Gasteiger partial charge on any atom is -0.490 e. The zero-order chi connectivity index (χ0) is 23.4. The highest BCUT2D eigenvalue weighted by Gasteiger charge is 2.26. The van der Waals surface area contributed by atoms with Crippen molar-refractivity contribution in [1.82, 2.24) is 0 Å². The minimum atomic E-state index is -0.566. The first-order chi connectivity index (χ1) is 15.9. The highest BCUT2D eigenvalue weighted by atomic mass is 79.9. The molecule has 0 saturated heterocycles. The third-order valence-corrected chi connectivity index (χ3v) is 6.02. The van der Waals surface area contributed by atoms with Gasteiger partial charge in [-0.3, -0.25) is 0 Å². The molecule has 1 aliphatic heterocycles. The number of rotatable bonds is 7. The summed E-state index contributed by atoms with van der Waals surface area (Å²) in [7, 11) is 0. The highest BCUT2D eigenvalue weighted by Crippen LogP contribution is 2.32. The topological polar surface area (TPSA) is 57.1 Å². The van der Waals surface area contributed by atoms with E-state index in [0.29, 0.717) is 45.9 Å². The number of hydrogen-bond acceptors (Lipinski definition) is 5. The third kappa shape index (κ3) is 5.58. The second kappa shape index (κ2) is 10.4. The highest BCUT2D eigenvalue weighted by molar-refractivity contribution is 9.10. The summed E-state index contributed by atoms with van der Waals surface area (Å²) in [6.07, 6.45) is 1.62. The molecule has 0 bridgehead atoms. The van der Waals surface area contributed by atoms with Gasteiger partial charge in [0.25, 0.3) is 0 Å². The smallest absolute Gasteiger partial charge is 0.363 e.